The lowest BCUT2D eigenvalue weighted by Crippen LogP contribution is -2.40. The van der Waals surface area contributed by atoms with Gasteiger partial charge in [-0.3, -0.25) is 9.59 Å². The first-order valence-corrected chi connectivity index (χ1v) is 8.14. The Kier molecular flexibility index (Phi) is 4.21. The molecule has 1 aromatic heterocycles. The van der Waals surface area contributed by atoms with Crippen molar-refractivity contribution in [2.75, 3.05) is 6.61 Å². The van der Waals surface area contributed by atoms with Gasteiger partial charge in [0, 0.05) is 18.0 Å². The average Bonchev–Trinajstić information content (AvgIpc) is 3.19. The van der Waals surface area contributed by atoms with Gasteiger partial charge in [-0.2, -0.15) is 0 Å². The van der Waals surface area contributed by atoms with E-state index in [1.807, 2.05) is 0 Å². The first-order valence-electron chi connectivity index (χ1n) is 7.26. The molecule has 0 unspecified atom stereocenters. The number of carbonyl (C=O) groups excluding carboxylic acids is 1. The Bertz CT molecular complexity index is 539. The Labute approximate surface area is 126 Å². The second-order valence-electron chi connectivity index (χ2n) is 5.53. The van der Waals surface area contributed by atoms with E-state index in [4.69, 9.17) is 9.84 Å². The number of carboxylic acids is 1. The second-order valence-corrected chi connectivity index (χ2v) is 6.42. The number of hydrogen-bond acceptors (Lipinski definition) is 5. The molecule has 7 heteroatoms. The van der Waals surface area contributed by atoms with Gasteiger partial charge in [-0.05, 0) is 25.7 Å². The summed E-state index contributed by atoms with van der Waals surface area (Å²) in [7, 11) is 0. The molecule has 1 aliphatic carbocycles. The van der Waals surface area contributed by atoms with Crippen molar-refractivity contribution in [3.05, 3.63) is 16.1 Å². The number of nitrogens with one attached hydrogen (secondary N) is 1. The molecule has 2 N–H and O–H groups in total. The standard InChI is InChI=1S/C14H18N2O4S/c17-12(15-9-4-1-3-8(9)14(18)19)10-7-21-13(16-10)11-5-2-6-20-11/h7-9,11H,1-6H2,(H,15,17)(H,18,19)/t8-,9+,11+/m1/s1. The Morgan fingerprint density at radius 1 is 1.33 bits per heavy atom. The molecule has 1 saturated carbocycles. The SMILES string of the molecule is O=C(N[C@H]1CCC[C@H]1C(=O)O)c1csc([C@@H]2CCCO2)n1. The number of nitrogens with zero attached hydrogens (tertiary/aromatic N) is 1. The first-order chi connectivity index (χ1) is 10.1. The minimum Gasteiger partial charge on any atom is -0.481 e. The molecular weight excluding hydrogens is 292 g/mol. The quantitative estimate of drug-likeness (QED) is 0.887. The van der Waals surface area contributed by atoms with Crippen LogP contribution in [0.25, 0.3) is 0 Å². The molecule has 0 radical (unpaired) electrons. The molecule has 0 bridgehead atoms. The number of aromatic nitrogens is 1. The fourth-order valence-corrected chi connectivity index (χ4v) is 3.86. The molecule has 0 spiro atoms. The van der Waals surface area contributed by atoms with Crippen LogP contribution in [0.5, 0.6) is 0 Å². The molecule has 21 heavy (non-hydrogen) atoms. The highest BCUT2D eigenvalue weighted by Crippen LogP contribution is 2.31. The molecule has 6 nitrogen and oxygen atoms in total. The molecule has 2 heterocycles. The summed E-state index contributed by atoms with van der Waals surface area (Å²) in [6.07, 6.45) is 4.14. The van der Waals surface area contributed by atoms with Gasteiger partial charge in [0.1, 0.15) is 16.8 Å². The molecule has 3 atom stereocenters. The summed E-state index contributed by atoms with van der Waals surface area (Å²) in [4.78, 5) is 27.7. The van der Waals surface area contributed by atoms with Gasteiger partial charge in [-0.25, -0.2) is 4.98 Å². The highest BCUT2D eigenvalue weighted by Gasteiger charge is 2.34. The number of amides is 1. The maximum Gasteiger partial charge on any atom is 0.308 e. The Morgan fingerprint density at radius 2 is 2.19 bits per heavy atom. The Morgan fingerprint density at radius 3 is 2.90 bits per heavy atom. The van der Waals surface area contributed by atoms with Crippen molar-refractivity contribution in [3.63, 3.8) is 0 Å². The molecule has 1 saturated heterocycles. The van der Waals surface area contributed by atoms with Crippen molar-refractivity contribution >= 4 is 23.2 Å². The van der Waals surface area contributed by atoms with Crippen LogP contribution in [0.15, 0.2) is 5.38 Å². The zero-order valence-corrected chi connectivity index (χ0v) is 12.4. The van der Waals surface area contributed by atoms with E-state index < -0.39 is 11.9 Å². The largest absolute Gasteiger partial charge is 0.481 e. The number of rotatable bonds is 4. The first kappa shape index (κ1) is 14.5. The minimum absolute atomic E-state index is 0.00907. The van der Waals surface area contributed by atoms with E-state index in [9.17, 15) is 9.59 Å². The number of thiazole rings is 1. The molecule has 114 valence electrons. The van der Waals surface area contributed by atoms with Gasteiger partial charge in [0.25, 0.3) is 5.91 Å². The minimum atomic E-state index is -0.837. The van der Waals surface area contributed by atoms with E-state index in [2.05, 4.69) is 10.3 Å². The van der Waals surface area contributed by atoms with Gasteiger partial charge in [0.15, 0.2) is 0 Å². The van der Waals surface area contributed by atoms with Crippen LogP contribution in [0.4, 0.5) is 0 Å². The van der Waals surface area contributed by atoms with Gasteiger partial charge in [-0.1, -0.05) is 6.42 Å². The van der Waals surface area contributed by atoms with E-state index in [-0.39, 0.29) is 18.1 Å². The summed E-state index contributed by atoms with van der Waals surface area (Å²) in [6.45, 7) is 0.744. The number of carboxylic acid groups (broad SMARTS) is 1. The Hall–Kier alpha value is -1.47. The molecule has 2 aliphatic rings. The van der Waals surface area contributed by atoms with Crippen LogP contribution >= 0.6 is 11.3 Å². The third kappa shape index (κ3) is 3.08. The number of ether oxygens (including phenoxy) is 1. The fraction of sp³-hybridized carbons (Fsp3) is 0.643. The van der Waals surface area contributed by atoms with Crippen LogP contribution in [0, 0.1) is 5.92 Å². The molecule has 1 aromatic rings. The van der Waals surface area contributed by atoms with Crippen molar-refractivity contribution in [1.82, 2.24) is 10.3 Å². The third-order valence-corrected chi connectivity index (χ3v) is 5.05. The number of hydrogen-bond donors (Lipinski definition) is 2. The topological polar surface area (TPSA) is 88.5 Å². The lowest BCUT2D eigenvalue weighted by Gasteiger charge is -2.16. The Balaban J connectivity index is 1.64. The van der Waals surface area contributed by atoms with Crippen molar-refractivity contribution in [2.24, 2.45) is 5.92 Å². The van der Waals surface area contributed by atoms with E-state index in [0.29, 0.717) is 18.5 Å². The molecule has 0 aromatic carbocycles. The van der Waals surface area contributed by atoms with E-state index in [1.165, 1.54) is 11.3 Å². The lowest BCUT2D eigenvalue weighted by molar-refractivity contribution is -0.142. The van der Waals surface area contributed by atoms with E-state index >= 15 is 0 Å². The van der Waals surface area contributed by atoms with Crippen LogP contribution in [-0.4, -0.2) is 34.6 Å². The zero-order valence-electron chi connectivity index (χ0n) is 11.6. The highest BCUT2D eigenvalue weighted by molar-refractivity contribution is 7.09. The third-order valence-electron chi connectivity index (χ3n) is 4.11. The molecule has 3 rings (SSSR count). The predicted molar refractivity (Wildman–Crippen MR) is 76.3 cm³/mol. The maximum absolute atomic E-state index is 12.2. The zero-order chi connectivity index (χ0) is 14.8. The normalized spacial score (nSPS) is 28.7. The van der Waals surface area contributed by atoms with Crippen molar-refractivity contribution in [1.29, 1.82) is 0 Å². The number of carbonyl (C=O) groups is 2. The van der Waals surface area contributed by atoms with Gasteiger partial charge in [-0.15, -0.1) is 11.3 Å². The maximum atomic E-state index is 12.2. The fourth-order valence-electron chi connectivity index (χ4n) is 2.98. The molecular formula is C14H18N2O4S. The van der Waals surface area contributed by atoms with Crippen LogP contribution in [0.1, 0.15) is 53.7 Å². The van der Waals surface area contributed by atoms with Gasteiger partial charge >= 0.3 is 5.97 Å². The van der Waals surface area contributed by atoms with Crippen LogP contribution in [0.3, 0.4) is 0 Å². The van der Waals surface area contributed by atoms with Gasteiger partial charge in [0.2, 0.25) is 0 Å². The average molecular weight is 310 g/mol. The molecule has 2 fully saturated rings. The van der Waals surface area contributed by atoms with Crippen molar-refractivity contribution in [2.45, 2.75) is 44.2 Å². The summed E-state index contributed by atoms with van der Waals surface area (Å²) in [5, 5.41) is 14.5. The lowest BCUT2D eigenvalue weighted by atomic mass is 10.0. The molecule has 1 amide bonds. The smallest absolute Gasteiger partial charge is 0.308 e. The van der Waals surface area contributed by atoms with Gasteiger partial charge < -0.3 is 15.2 Å². The summed E-state index contributed by atoms with van der Waals surface area (Å²) in [5.41, 5.74) is 0.363. The van der Waals surface area contributed by atoms with E-state index in [0.717, 1.165) is 30.9 Å². The van der Waals surface area contributed by atoms with Crippen LogP contribution in [0.2, 0.25) is 0 Å². The molecule has 1 aliphatic heterocycles. The monoisotopic (exact) mass is 310 g/mol. The summed E-state index contributed by atoms with van der Waals surface area (Å²) < 4.78 is 5.55. The second kappa shape index (κ2) is 6.11. The van der Waals surface area contributed by atoms with Crippen molar-refractivity contribution in [3.8, 4) is 0 Å². The highest BCUT2D eigenvalue weighted by atomic mass is 32.1. The van der Waals surface area contributed by atoms with Crippen LogP contribution < -0.4 is 5.32 Å². The summed E-state index contributed by atoms with van der Waals surface area (Å²) in [6, 6.07) is -0.289. The number of aliphatic carboxylic acids is 1. The van der Waals surface area contributed by atoms with Gasteiger partial charge in [0.05, 0.1) is 5.92 Å². The summed E-state index contributed by atoms with van der Waals surface area (Å²) in [5.74, 6) is -1.60. The van der Waals surface area contributed by atoms with Crippen LogP contribution in [-0.2, 0) is 9.53 Å². The van der Waals surface area contributed by atoms with E-state index in [1.54, 1.807) is 5.38 Å². The van der Waals surface area contributed by atoms with Crippen molar-refractivity contribution < 1.29 is 19.4 Å². The predicted octanol–water partition coefficient (Wildman–Crippen LogP) is 1.98. The summed E-state index contributed by atoms with van der Waals surface area (Å²) >= 11 is 1.43.